The van der Waals surface area contributed by atoms with E-state index in [4.69, 9.17) is 4.74 Å². The number of amides is 1. The smallest absolute Gasteiger partial charge is 0.279 e. The largest absolute Gasteiger partial charge is 0.497 e. The van der Waals surface area contributed by atoms with Crippen LogP contribution in [-0.2, 0) is 0 Å². The summed E-state index contributed by atoms with van der Waals surface area (Å²) in [7, 11) is 1.61. The standard InChI is InChI=1S/C20H22N4O6/c1-13-18(11-16(23(26)27)12-19(13)24(28)29)20(25)21-14-7-9-22(10-8-14)15-3-5-17(30-2)6-4-15/h3-6,11-12,14H,7-10H2,1-2H3,(H,21,25). The lowest BCUT2D eigenvalue weighted by Crippen LogP contribution is -2.44. The Morgan fingerprint density at radius 2 is 1.73 bits per heavy atom. The number of methoxy groups -OCH3 is 1. The number of nitrogens with zero attached hydrogens (tertiary/aromatic N) is 3. The van der Waals surface area contributed by atoms with Crippen molar-refractivity contribution in [3.8, 4) is 5.75 Å². The highest BCUT2D eigenvalue weighted by Gasteiger charge is 2.27. The van der Waals surface area contributed by atoms with E-state index in [2.05, 4.69) is 10.2 Å². The van der Waals surface area contributed by atoms with Crippen molar-refractivity contribution >= 4 is 23.0 Å². The van der Waals surface area contributed by atoms with Crippen LogP contribution in [-0.4, -0.2) is 42.0 Å². The van der Waals surface area contributed by atoms with Gasteiger partial charge in [0.05, 0.1) is 28.6 Å². The van der Waals surface area contributed by atoms with E-state index in [0.717, 1.165) is 36.7 Å². The lowest BCUT2D eigenvalue weighted by molar-refractivity contribution is -0.394. The zero-order valence-corrected chi connectivity index (χ0v) is 16.7. The molecule has 0 atom stereocenters. The number of rotatable bonds is 6. The molecule has 2 aromatic rings. The van der Waals surface area contributed by atoms with Gasteiger partial charge in [-0.05, 0) is 44.0 Å². The van der Waals surface area contributed by atoms with Gasteiger partial charge in [-0.15, -0.1) is 0 Å². The number of non-ortho nitro benzene ring substituents is 1. The molecular weight excluding hydrogens is 392 g/mol. The van der Waals surface area contributed by atoms with Crippen LogP contribution in [0, 0.1) is 27.2 Å². The first kappa shape index (κ1) is 21.0. The van der Waals surface area contributed by atoms with Crippen LogP contribution >= 0.6 is 0 Å². The van der Waals surface area contributed by atoms with Gasteiger partial charge in [-0.25, -0.2) is 0 Å². The quantitative estimate of drug-likeness (QED) is 0.568. The first-order chi connectivity index (χ1) is 14.3. The van der Waals surface area contributed by atoms with Gasteiger partial charge in [0, 0.05) is 36.4 Å². The summed E-state index contributed by atoms with van der Waals surface area (Å²) < 4.78 is 5.17. The summed E-state index contributed by atoms with van der Waals surface area (Å²) in [5, 5.41) is 25.2. The zero-order chi connectivity index (χ0) is 21.8. The van der Waals surface area contributed by atoms with Gasteiger partial charge in [-0.2, -0.15) is 0 Å². The SMILES string of the molecule is COc1ccc(N2CCC(NC(=O)c3cc([N+](=O)[O-])cc([N+](=O)[O-])c3C)CC2)cc1. The Morgan fingerprint density at radius 1 is 1.10 bits per heavy atom. The maximum absolute atomic E-state index is 12.7. The number of anilines is 1. The maximum Gasteiger partial charge on any atom is 0.279 e. The molecule has 1 saturated heterocycles. The number of hydrogen-bond donors (Lipinski definition) is 1. The number of nitro benzene ring substituents is 2. The molecule has 1 amide bonds. The number of benzene rings is 2. The summed E-state index contributed by atoms with van der Waals surface area (Å²) >= 11 is 0. The van der Waals surface area contributed by atoms with Crippen LogP contribution in [0.1, 0.15) is 28.8 Å². The number of ether oxygens (including phenoxy) is 1. The molecule has 2 aromatic carbocycles. The molecule has 1 heterocycles. The van der Waals surface area contributed by atoms with Crippen LogP contribution in [0.5, 0.6) is 5.75 Å². The minimum Gasteiger partial charge on any atom is -0.497 e. The van der Waals surface area contributed by atoms with E-state index in [9.17, 15) is 25.0 Å². The van der Waals surface area contributed by atoms with Crippen molar-refractivity contribution in [1.82, 2.24) is 5.32 Å². The van der Waals surface area contributed by atoms with Crippen molar-refractivity contribution in [2.24, 2.45) is 0 Å². The average Bonchev–Trinajstić information content (AvgIpc) is 2.74. The summed E-state index contributed by atoms with van der Waals surface area (Å²) in [5.74, 6) is 0.240. The summed E-state index contributed by atoms with van der Waals surface area (Å²) in [6.45, 7) is 2.87. The molecule has 0 bridgehead atoms. The normalized spacial score (nSPS) is 14.3. The molecule has 10 heteroatoms. The fraction of sp³-hybridized carbons (Fsp3) is 0.350. The number of carbonyl (C=O) groups excluding carboxylic acids is 1. The first-order valence-electron chi connectivity index (χ1n) is 9.43. The number of nitro groups is 2. The molecule has 3 rings (SSSR count). The van der Waals surface area contributed by atoms with E-state index >= 15 is 0 Å². The topological polar surface area (TPSA) is 128 Å². The second-order valence-corrected chi connectivity index (χ2v) is 7.08. The van der Waals surface area contributed by atoms with Gasteiger partial charge >= 0.3 is 0 Å². The van der Waals surface area contributed by atoms with Gasteiger partial charge < -0.3 is 15.0 Å². The molecular formula is C20H22N4O6. The van der Waals surface area contributed by atoms with E-state index in [0.29, 0.717) is 12.8 Å². The fourth-order valence-electron chi connectivity index (χ4n) is 3.55. The molecule has 158 valence electrons. The Bertz CT molecular complexity index is 968. The highest BCUT2D eigenvalue weighted by Crippen LogP contribution is 2.28. The highest BCUT2D eigenvalue weighted by molar-refractivity contribution is 5.97. The lowest BCUT2D eigenvalue weighted by atomic mass is 10.0. The van der Waals surface area contributed by atoms with Gasteiger partial charge in [0.1, 0.15) is 5.75 Å². The molecule has 1 aliphatic rings. The van der Waals surface area contributed by atoms with Crippen LogP contribution in [0.15, 0.2) is 36.4 Å². The summed E-state index contributed by atoms with van der Waals surface area (Å²) in [4.78, 5) is 35.8. The van der Waals surface area contributed by atoms with Crippen molar-refractivity contribution in [2.75, 3.05) is 25.1 Å². The Morgan fingerprint density at radius 3 is 2.27 bits per heavy atom. The Kier molecular flexibility index (Phi) is 6.14. The third-order valence-electron chi connectivity index (χ3n) is 5.28. The lowest BCUT2D eigenvalue weighted by Gasteiger charge is -2.34. The second-order valence-electron chi connectivity index (χ2n) is 7.08. The molecule has 0 spiro atoms. The molecule has 1 aliphatic heterocycles. The predicted octanol–water partition coefficient (Wildman–Crippen LogP) is 3.22. The molecule has 0 saturated carbocycles. The van der Waals surface area contributed by atoms with E-state index in [1.165, 1.54) is 6.92 Å². The average molecular weight is 414 g/mol. The Hall–Kier alpha value is -3.69. The van der Waals surface area contributed by atoms with Gasteiger partial charge in [0.15, 0.2) is 0 Å². The maximum atomic E-state index is 12.7. The van der Waals surface area contributed by atoms with Crippen molar-refractivity contribution < 1.29 is 19.4 Å². The van der Waals surface area contributed by atoms with Gasteiger partial charge in [0.2, 0.25) is 0 Å². The highest BCUT2D eigenvalue weighted by atomic mass is 16.6. The van der Waals surface area contributed by atoms with Crippen LogP contribution in [0.25, 0.3) is 0 Å². The van der Waals surface area contributed by atoms with Crippen LogP contribution in [0.3, 0.4) is 0 Å². The molecule has 30 heavy (non-hydrogen) atoms. The molecule has 10 nitrogen and oxygen atoms in total. The number of piperidine rings is 1. The van der Waals surface area contributed by atoms with E-state index in [1.54, 1.807) is 7.11 Å². The predicted molar refractivity (Wildman–Crippen MR) is 110 cm³/mol. The van der Waals surface area contributed by atoms with Gasteiger partial charge in [0.25, 0.3) is 17.3 Å². The number of hydrogen-bond acceptors (Lipinski definition) is 7. The van der Waals surface area contributed by atoms with Gasteiger partial charge in [-0.3, -0.25) is 25.0 Å². The second kappa shape index (κ2) is 8.76. The summed E-state index contributed by atoms with van der Waals surface area (Å²) in [6.07, 6.45) is 1.38. The minimum atomic E-state index is -0.740. The van der Waals surface area contributed by atoms with Crippen molar-refractivity contribution in [2.45, 2.75) is 25.8 Å². The molecule has 1 N–H and O–H groups in total. The van der Waals surface area contributed by atoms with Crippen molar-refractivity contribution in [3.63, 3.8) is 0 Å². The van der Waals surface area contributed by atoms with Crippen molar-refractivity contribution in [3.05, 3.63) is 67.8 Å². The van der Waals surface area contributed by atoms with Gasteiger partial charge in [-0.1, -0.05) is 0 Å². The number of nitrogens with one attached hydrogen (secondary N) is 1. The summed E-state index contributed by atoms with van der Waals surface area (Å²) in [5.41, 5.74) is 0.202. The van der Waals surface area contributed by atoms with E-state index in [-0.39, 0.29) is 17.2 Å². The molecule has 0 unspecified atom stereocenters. The molecule has 0 aliphatic carbocycles. The minimum absolute atomic E-state index is 0.0477. The van der Waals surface area contributed by atoms with Crippen molar-refractivity contribution in [1.29, 1.82) is 0 Å². The van der Waals surface area contributed by atoms with E-state index in [1.807, 2.05) is 24.3 Å². The molecule has 0 radical (unpaired) electrons. The Labute approximate surface area is 172 Å². The first-order valence-corrected chi connectivity index (χ1v) is 9.43. The monoisotopic (exact) mass is 414 g/mol. The molecule has 1 fully saturated rings. The Balaban J connectivity index is 1.68. The third-order valence-corrected chi connectivity index (χ3v) is 5.28. The van der Waals surface area contributed by atoms with Crippen LogP contribution in [0.2, 0.25) is 0 Å². The summed E-state index contributed by atoms with van der Waals surface area (Å²) in [6, 6.07) is 9.57. The van der Waals surface area contributed by atoms with Crippen LogP contribution < -0.4 is 15.0 Å². The van der Waals surface area contributed by atoms with E-state index < -0.39 is 27.1 Å². The van der Waals surface area contributed by atoms with Crippen LogP contribution in [0.4, 0.5) is 17.1 Å². The molecule has 0 aromatic heterocycles. The third kappa shape index (κ3) is 4.48. The number of carbonyl (C=O) groups is 1. The zero-order valence-electron chi connectivity index (χ0n) is 16.7. The fourth-order valence-corrected chi connectivity index (χ4v) is 3.55.